The summed E-state index contributed by atoms with van der Waals surface area (Å²) in [6.07, 6.45) is 3.87. The SMILES string of the molecule is COc1ccccc1-n1cccc1C1C(c2ccccn2)NC(=S)N1c1ccc(Oc2ccccc2C)cc1. The van der Waals surface area contributed by atoms with E-state index in [-0.39, 0.29) is 12.1 Å². The van der Waals surface area contributed by atoms with Crippen LogP contribution in [0, 0.1) is 6.92 Å². The van der Waals surface area contributed by atoms with E-state index in [0.29, 0.717) is 5.11 Å². The van der Waals surface area contributed by atoms with Gasteiger partial charge in [-0.3, -0.25) is 4.98 Å². The number of ether oxygens (including phenoxy) is 2. The molecule has 5 aromatic rings. The molecule has 6 rings (SSSR count). The number of nitrogens with one attached hydrogen (secondary N) is 1. The first kappa shape index (κ1) is 24.7. The zero-order valence-corrected chi connectivity index (χ0v) is 22.5. The lowest BCUT2D eigenvalue weighted by Gasteiger charge is -2.29. The quantitative estimate of drug-likeness (QED) is 0.225. The second-order valence-electron chi connectivity index (χ2n) is 9.33. The average molecular weight is 533 g/mol. The number of aryl methyl sites for hydroxylation is 1. The maximum Gasteiger partial charge on any atom is 0.174 e. The van der Waals surface area contributed by atoms with Crippen LogP contribution in [0.15, 0.2) is 116 Å². The van der Waals surface area contributed by atoms with Gasteiger partial charge in [0, 0.05) is 23.8 Å². The highest BCUT2D eigenvalue weighted by atomic mass is 32.1. The molecule has 1 fully saturated rings. The molecule has 0 spiro atoms. The van der Waals surface area contributed by atoms with Gasteiger partial charge >= 0.3 is 0 Å². The Morgan fingerprint density at radius 3 is 2.31 bits per heavy atom. The van der Waals surface area contributed by atoms with Crippen molar-refractivity contribution < 1.29 is 9.47 Å². The predicted molar refractivity (Wildman–Crippen MR) is 158 cm³/mol. The molecule has 1 aliphatic heterocycles. The van der Waals surface area contributed by atoms with Gasteiger partial charge in [0.15, 0.2) is 5.11 Å². The number of anilines is 1. The summed E-state index contributed by atoms with van der Waals surface area (Å²) in [7, 11) is 1.69. The molecule has 0 amide bonds. The van der Waals surface area contributed by atoms with E-state index in [4.69, 9.17) is 21.7 Å². The van der Waals surface area contributed by atoms with E-state index in [2.05, 4.69) is 44.2 Å². The number of thiocarbonyl (C=S) groups is 1. The summed E-state index contributed by atoms with van der Waals surface area (Å²) in [6.45, 7) is 2.04. The van der Waals surface area contributed by atoms with E-state index in [9.17, 15) is 0 Å². The molecule has 6 nitrogen and oxygen atoms in total. The average Bonchev–Trinajstić information content (AvgIpc) is 3.59. The van der Waals surface area contributed by atoms with Crippen molar-refractivity contribution in [3.05, 3.63) is 132 Å². The first-order valence-corrected chi connectivity index (χ1v) is 13.2. The molecular formula is C32H28N4O2S. The lowest BCUT2D eigenvalue weighted by Crippen LogP contribution is -2.30. The van der Waals surface area contributed by atoms with Crippen molar-refractivity contribution in [3.63, 3.8) is 0 Å². The minimum Gasteiger partial charge on any atom is -0.495 e. The maximum absolute atomic E-state index is 6.15. The second-order valence-corrected chi connectivity index (χ2v) is 9.72. The number of nitrogens with zero attached hydrogens (tertiary/aromatic N) is 3. The Morgan fingerprint density at radius 1 is 0.821 bits per heavy atom. The van der Waals surface area contributed by atoms with Crippen LogP contribution in [0.2, 0.25) is 0 Å². The van der Waals surface area contributed by atoms with E-state index < -0.39 is 0 Å². The fraction of sp³-hybridized carbons (Fsp3) is 0.125. The van der Waals surface area contributed by atoms with E-state index in [0.717, 1.165) is 45.6 Å². The van der Waals surface area contributed by atoms with Crippen LogP contribution in [0.3, 0.4) is 0 Å². The molecule has 0 radical (unpaired) electrons. The van der Waals surface area contributed by atoms with Gasteiger partial charge in [0.25, 0.3) is 0 Å². The van der Waals surface area contributed by atoms with Crippen LogP contribution in [0.5, 0.6) is 17.2 Å². The summed E-state index contributed by atoms with van der Waals surface area (Å²) >= 11 is 5.94. The van der Waals surface area contributed by atoms with Gasteiger partial charge in [-0.2, -0.15) is 0 Å². The van der Waals surface area contributed by atoms with Crippen LogP contribution in [-0.4, -0.2) is 21.8 Å². The van der Waals surface area contributed by atoms with Gasteiger partial charge in [-0.05, 0) is 91.4 Å². The molecule has 1 N–H and O–H groups in total. The van der Waals surface area contributed by atoms with Crippen molar-refractivity contribution in [2.45, 2.75) is 19.0 Å². The fourth-order valence-electron chi connectivity index (χ4n) is 5.09. The van der Waals surface area contributed by atoms with Crippen LogP contribution in [-0.2, 0) is 0 Å². The van der Waals surface area contributed by atoms with Gasteiger partial charge in [-0.1, -0.05) is 36.4 Å². The number of hydrogen-bond acceptors (Lipinski definition) is 4. The Hall–Kier alpha value is -4.62. The molecule has 3 aromatic carbocycles. The zero-order chi connectivity index (χ0) is 26.8. The minimum absolute atomic E-state index is 0.162. The number of benzene rings is 3. The topological polar surface area (TPSA) is 51.5 Å². The third kappa shape index (κ3) is 4.73. The summed E-state index contributed by atoms with van der Waals surface area (Å²) in [5.41, 5.74) is 4.98. The van der Waals surface area contributed by atoms with Crippen LogP contribution in [0.1, 0.15) is 29.0 Å². The Bertz CT molecular complexity index is 1600. The summed E-state index contributed by atoms with van der Waals surface area (Å²) in [5.74, 6) is 2.40. The first-order chi connectivity index (χ1) is 19.1. The van der Waals surface area contributed by atoms with Crippen LogP contribution < -0.4 is 19.7 Å². The van der Waals surface area contributed by atoms with Gasteiger partial charge in [0.1, 0.15) is 23.3 Å². The molecule has 1 saturated heterocycles. The standard InChI is InChI=1S/C32H28N4O2S/c1-22-10-3-5-14-28(22)38-24-18-16-23(17-19-24)36-31(30(34-32(36)39)25-11-7-8-20-33-25)27-13-9-21-35(27)26-12-4-6-15-29(26)37-2/h3-21,30-31H,1-2H3,(H,34,39). The monoisotopic (exact) mass is 532 g/mol. The van der Waals surface area contributed by atoms with Crippen molar-refractivity contribution in [1.29, 1.82) is 0 Å². The van der Waals surface area contributed by atoms with Crippen LogP contribution in [0.25, 0.3) is 5.69 Å². The second kappa shape index (κ2) is 10.6. The molecule has 0 bridgehead atoms. The fourth-order valence-corrected chi connectivity index (χ4v) is 5.44. The van der Waals surface area contributed by atoms with Gasteiger partial charge in [0.05, 0.1) is 24.5 Å². The molecule has 2 unspecified atom stereocenters. The van der Waals surface area contributed by atoms with E-state index >= 15 is 0 Å². The van der Waals surface area contributed by atoms with Gasteiger partial charge in [-0.25, -0.2) is 0 Å². The van der Waals surface area contributed by atoms with Gasteiger partial charge in [-0.15, -0.1) is 0 Å². The van der Waals surface area contributed by atoms with Crippen LogP contribution in [0.4, 0.5) is 5.69 Å². The Balaban J connectivity index is 1.41. The molecule has 0 saturated carbocycles. The van der Waals surface area contributed by atoms with Crippen LogP contribution >= 0.6 is 12.2 Å². The minimum atomic E-state index is -0.171. The van der Waals surface area contributed by atoms with Gasteiger partial charge < -0.3 is 24.3 Å². The van der Waals surface area contributed by atoms with E-state index in [1.54, 1.807) is 7.11 Å². The number of rotatable bonds is 7. The van der Waals surface area contributed by atoms with Crippen molar-refractivity contribution >= 4 is 23.0 Å². The molecule has 3 heterocycles. The number of methoxy groups -OCH3 is 1. The lowest BCUT2D eigenvalue weighted by atomic mass is 10.0. The van der Waals surface area contributed by atoms with Gasteiger partial charge in [0.2, 0.25) is 0 Å². The molecule has 194 valence electrons. The highest BCUT2D eigenvalue weighted by Crippen LogP contribution is 2.43. The Kier molecular flexibility index (Phi) is 6.73. The summed E-state index contributed by atoms with van der Waals surface area (Å²) in [5, 5.41) is 4.18. The number of para-hydroxylation sites is 3. The molecule has 2 aromatic heterocycles. The summed E-state index contributed by atoms with van der Waals surface area (Å²) in [4.78, 5) is 6.85. The Morgan fingerprint density at radius 2 is 1.56 bits per heavy atom. The normalized spacial score (nSPS) is 16.7. The third-order valence-electron chi connectivity index (χ3n) is 6.96. The highest BCUT2D eigenvalue weighted by Gasteiger charge is 2.42. The third-order valence-corrected chi connectivity index (χ3v) is 7.28. The Labute approximate surface area is 233 Å². The van der Waals surface area contributed by atoms with Crippen molar-refractivity contribution in [3.8, 4) is 22.9 Å². The van der Waals surface area contributed by atoms with E-state index in [1.807, 2.05) is 98.0 Å². The largest absolute Gasteiger partial charge is 0.495 e. The van der Waals surface area contributed by atoms with Crippen molar-refractivity contribution in [2.24, 2.45) is 0 Å². The predicted octanol–water partition coefficient (Wildman–Crippen LogP) is 7.16. The van der Waals surface area contributed by atoms with Crippen molar-refractivity contribution in [1.82, 2.24) is 14.9 Å². The smallest absolute Gasteiger partial charge is 0.174 e. The molecular weight excluding hydrogens is 504 g/mol. The maximum atomic E-state index is 6.15. The number of hydrogen-bond donors (Lipinski definition) is 1. The zero-order valence-electron chi connectivity index (χ0n) is 21.7. The van der Waals surface area contributed by atoms with E-state index in [1.165, 1.54) is 0 Å². The molecule has 39 heavy (non-hydrogen) atoms. The lowest BCUT2D eigenvalue weighted by molar-refractivity contribution is 0.412. The molecule has 7 heteroatoms. The molecule has 0 aliphatic carbocycles. The summed E-state index contributed by atoms with van der Waals surface area (Å²) in [6, 6.07) is 33.9. The number of pyridine rings is 1. The highest BCUT2D eigenvalue weighted by molar-refractivity contribution is 7.80. The van der Waals surface area contributed by atoms with Crippen molar-refractivity contribution in [2.75, 3.05) is 12.0 Å². The number of aromatic nitrogens is 2. The first-order valence-electron chi connectivity index (χ1n) is 12.8. The summed E-state index contributed by atoms with van der Waals surface area (Å²) < 4.78 is 14.0. The molecule has 2 atom stereocenters. The molecule has 1 aliphatic rings.